The highest BCUT2D eigenvalue weighted by atomic mass is 79.9. The van der Waals surface area contributed by atoms with E-state index in [1.165, 1.54) is 24.3 Å². The fourth-order valence-electron chi connectivity index (χ4n) is 4.23. The molecular weight excluding hydrogens is 617 g/mol. The molecule has 1 heterocycles. The summed E-state index contributed by atoms with van der Waals surface area (Å²) in [6.07, 6.45) is 0.905. The predicted octanol–water partition coefficient (Wildman–Crippen LogP) is 5.38. The van der Waals surface area contributed by atoms with Crippen molar-refractivity contribution in [1.82, 2.24) is 10.0 Å². The summed E-state index contributed by atoms with van der Waals surface area (Å²) in [4.78, 5) is 50.7. The van der Waals surface area contributed by atoms with Gasteiger partial charge in [0.1, 0.15) is 0 Å². The third kappa shape index (κ3) is 4.73. The van der Waals surface area contributed by atoms with Crippen molar-refractivity contribution in [2.75, 3.05) is 0 Å². The standard InChI is InChI=1S/C22H17Br2Cl2N3O5/c23-16-8-14-15(9-17(16)24)22(32)28(21(14)31)27(10-11-1-6-18(25)19(26)7-11)20(30)12-2-4-13(5-3-12)29(33)34/h1-7,14-17H,8-10H2/t14-,15+,16+,17-. The summed E-state index contributed by atoms with van der Waals surface area (Å²) >= 11 is 19.2. The number of halogens is 4. The molecule has 4 atom stereocenters. The zero-order valence-corrected chi connectivity index (χ0v) is 22.1. The Hall–Kier alpha value is -2.01. The second-order valence-corrected chi connectivity index (χ2v) is 11.3. The Labute approximate surface area is 221 Å². The Bertz CT molecular complexity index is 1150. The zero-order valence-electron chi connectivity index (χ0n) is 17.4. The average molecular weight is 634 g/mol. The van der Waals surface area contributed by atoms with E-state index in [9.17, 15) is 24.5 Å². The highest BCUT2D eigenvalue weighted by Gasteiger charge is 2.54. The third-order valence-electron chi connectivity index (χ3n) is 6.01. The summed E-state index contributed by atoms with van der Waals surface area (Å²) in [5.41, 5.74) is 0.466. The molecule has 1 saturated heterocycles. The fourth-order valence-corrected chi connectivity index (χ4v) is 5.79. The van der Waals surface area contributed by atoms with Gasteiger partial charge >= 0.3 is 0 Å². The van der Waals surface area contributed by atoms with Crippen LogP contribution in [0.3, 0.4) is 0 Å². The summed E-state index contributed by atoms with van der Waals surface area (Å²) in [6.45, 7) is -0.126. The number of nitro groups is 1. The molecule has 8 nitrogen and oxygen atoms in total. The number of imide groups is 1. The number of benzene rings is 2. The number of nitrogens with zero attached hydrogens (tertiary/aromatic N) is 3. The van der Waals surface area contributed by atoms with Gasteiger partial charge in [0.2, 0.25) is 0 Å². The van der Waals surface area contributed by atoms with Crippen molar-refractivity contribution < 1.29 is 19.3 Å². The fraction of sp³-hybridized carbons (Fsp3) is 0.318. The molecule has 4 rings (SSSR count). The lowest BCUT2D eigenvalue weighted by Crippen LogP contribution is -2.49. The Kier molecular flexibility index (Phi) is 7.33. The third-order valence-corrected chi connectivity index (χ3v) is 9.48. The molecule has 3 amide bonds. The lowest BCUT2D eigenvalue weighted by Gasteiger charge is -2.30. The first kappa shape index (κ1) is 25.1. The van der Waals surface area contributed by atoms with Gasteiger partial charge in [0.05, 0.1) is 33.3 Å². The number of hydrogen-bond donors (Lipinski definition) is 0. The van der Waals surface area contributed by atoms with E-state index in [2.05, 4.69) is 31.9 Å². The maximum absolute atomic E-state index is 13.5. The van der Waals surface area contributed by atoms with Gasteiger partial charge < -0.3 is 0 Å². The van der Waals surface area contributed by atoms with Gasteiger partial charge in [0.15, 0.2) is 0 Å². The van der Waals surface area contributed by atoms with Gasteiger partial charge in [-0.2, -0.15) is 5.01 Å². The van der Waals surface area contributed by atoms with Crippen molar-refractivity contribution in [3.8, 4) is 0 Å². The molecule has 2 aliphatic rings. The molecule has 2 fully saturated rings. The predicted molar refractivity (Wildman–Crippen MR) is 133 cm³/mol. The summed E-state index contributed by atoms with van der Waals surface area (Å²) in [5.74, 6) is -2.64. The maximum Gasteiger partial charge on any atom is 0.273 e. The van der Waals surface area contributed by atoms with Gasteiger partial charge in [0.25, 0.3) is 23.4 Å². The van der Waals surface area contributed by atoms with Crippen molar-refractivity contribution in [1.29, 1.82) is 0 Å². The largest absolute Gasteiger partial charge is 0.273 e. The number of hydrogen-bond acceptors (Lipinski definition) is 5. The molecule has 0 radical (unpaired) electrons. The number of carbonyl (C=O) groups is 3. The molecule has 0 bridgehead atoms. The number of nitro benzene ring substituents is 1. The Morgan fingerprint density at radius 1 is 1.00 bits per heavy atom. The van der Waals surface area contributed by atoms with Crippen molar-refractivity contribution in [2.45, 2.75) is 29.0 Å². The molecule has 0 N–H and O–H groups in total. The van der Waals surface area contributed by atoms with Crippen molar-refractivity contribution in [3.05, 3.63) is 73.8 Å². The summed E-state index contributed by atoms with van der Waals surface area (Å²) in [5, 5.41) is 13.6. The first-order valence-electron chi connectivity index (χ1n) is 10.2. The number of carbonyl (C=O) groups excluding carboxylic acids is 3. The van der Waals surface area contributed by atoms with Crippen LogP contribution in [0, 0.1) is 22.0 Å². The van der Waals surface area contributed by atoms with Crippen LogP contribution in [0.15, 0.2) is 42.5 Å². The second-order valence-electron chi connectivity index (χ2n) is 8.12. The quantitative estimate of drug-likeness (QED) is 0.190. The number of hydrazine groups is 1. The minimum Gasteiger partial charge on any atom is -0.272 e. The summed E-state index contributed by atoms with van der Waals surface area (Å²) in [6, 6.07) is 9.75. The van der Waals surface area contributed by atoms with E-state index in [-0.39, 0.29) is 32.5 Å². The normalized spacial score (nSPS) is 24.2. The summed E-state index contributed by atoms with van der Waals surface area (Å²) in [7, 11) is 0. The van der Waals surface area contributed by atoms with Gasteiger partial charge in [-0.15, -0.1) is 0 Å². The Balaban J connectivity index is 1.72. The molecular formula is C22H17Br2Cl2N3O5. The summed E-state index contributed by atoms with van der Waals surface area (Å²) < 4.78 is 0. The molecule has 34 heavy (non-hydrogen) atoms. The topological polar surface area (TPSA) is 101 Å². The molecule has 2 aromatic rings. The van der Waals surface area contributed by atoms with E-state index < -0.39 is 34.5 Å². The lowest BCUT2D eigenvalue weighted by atomic mass is 9.81. The Morgan fingerprint density at radius 3 is 2.06 bits per heavy atom. The number of fused-ring (bicyclic) bond motifs is 1. The van der Waals surface area contributed by atoms with Gasteiger partial charge in [-0.25, -0.2) is 5.01 Å². The number of rotatable bonds is 5. The van der Waals surface area contributed by atoms with E-state index in [4.69, 9.17) is 23.2 Å². The zero-order chi connectivity index (χ0) is 24.7. The first-order valence-corrected chi connectivity index (χ1v) is 12.8. The molecule has 2 aromatic carbocycles. The smallest absolute Gasteiger partial charge is 0.272 e. The van der Waals surface area contributed by atoms with E-state index >= 15 is 0 Å². The van der Waals surface area contributed by atoms with Gasteiger partial charge in [-0.05, 0) is 42.7 Å². The Morgan fingerprint density at radius 2 is 1.56 bits per heavy atom. The maximum atomic E-state index is 13.5. The molecule has 1 aliphatic heterocycles. The van der Waals surface area contributed by atoms with Crippen LogP contribution in [0.4, 0.5) is 5.69 Å². The molecule has 0 aromatic heterocycles. The second kappa shape index (κ2) is 9.93. The van der Waals surface area contributed by atoms with E-state index in [0.717, 1.165) is 10.0 Å². The highest BCUT2D eigenvalue weighted by Crippen LogP contribution is 2.44. The highest BCUT2D eigenvalue weighted by molar-refractivity contribution is 9.12. The minimum atomic E-state index is -0.646. The molecule has 1 aliphatic carbocycles. The van der Waals surface area contributed by atoms with Crippen LogP contribution in [0.1, 0.15) is 28.8 Å². The van der Waals surface area contributed by atoms with E-state index in [1.807, 2.05) is 0 Å². The van der Waals surface area contributed by atoms with Crippen molar-refractivity contribution >= 4 is 78.5 Å². The van der Waals surface area contributed by atoms with Crippen LogP contribution in [-0.4, -0.2) is 42.3 Å². The first-order chi connectivity index (χ1) is 16.1. The number of non-ortho nitro benzene ring substituents is 1. The van der Waals surface area contributed by atoms with Crippen LogP contribution in [-0.2, 0) is 16.1 Å². The van der Waals surface area contributed by atoms with E-state index in [0.29, 0.717) is 23.4 Å². The molecule has 0 spiro atoms. The minimum absolute atomic E-state index is 0.0133. The van der Waals surface area contributed by atoms with Crippen LogP contribution in [0.5, 0.6) is 0 Å². The van der Waals surface area contributed by atoms with Crippen molar-refractivity contribution in [3.63, 3.8) is 0 Å². The van der Waals surface area contributed by atoms with Crippen LogP contribution >= 0.6 is 55.1 Å². The molecule has 12 heteroatoms. The molecule has 178 valence electrons. The monoisotopic (exact) mass is 631 g/mol. The van der Waals surface area contributed by atoms with Crippen LogP contribution < -0.4 is 0 Å². The average Bonchev–Trinajstić information content (AvgIpc) is 3.03. The van der Waals surface area contributed by atoms with Gasteiger partial charge in [-0.3, -0.25) is 24.5 Å². The SMILES string of the molecule is O=C(c1ccc([N+](=O)[O-])cc1)N(Cc1ccc(Cl)c(Cl)c1)N1C(=O)[C@H]2C[C@@H](Br)[C@@H](Br)C[C@H]2C1=O. The van der Waals surface area contributed by atoms with Crippen LogP contribution in [0.25, 0.3) is 0 Å². The molecule has 1 saturated carbocycles. The molecule has 0 unspecified atom stereocenters. The van der Waals surface area contributed by atoms with Gasteiger partial charge in [-0.1, -0.05) is 61.1 Å². The van der Waals surface area contributed by atoms with Gasteiger partial charge in [0, 0.05) is 27.4 Å². The van der Waals surface area contributed by atoms with E-state index in [1.54, 1.807) is 18.2 Å². The lowest BCUT2D eigenvalue weighted by molar-refractivity contribution is -0.384. The van der Waals surface area contributed by atoms with Crippen molar-refractivity contribution in [2.24, 2.45) is 11.8 Å². The number of amides is 3. The van der Waals surface area contributed by atoms with Crippen LogP contribution in [0.2, 0.25) is 10.0 Å². The number of alkyl halides is 2.